The molecule has 19 heavy (non-hydrogen) atoms. The lowest BCUT2D eigenvalue weighted by atomic mass is 10.1. The number of aliphatic hydroxyl groups is 1. The fourth-order valence-electron chi connectivity index (χ4n) is 2.22. The van der Waals surface area contributed by atoms with Crippen LogP contribution in [0, 0.1) is 13.8 Å². The molecule has 4 nitrogen and oxygen atoms in total. The molecule has 1 N–H and O–H groups in total. The minimum atomic E-state index is -0.776. The third-order valence-electron chi connectivity index (χ3n) is 2.95. The molecule has 2 heterocycles. The van der Waals surface area contributed by atoms with Crippen molar-refractivity contribution in [2.24, 2.45) is 0 Å². The number of pyridine rings is 1. The van der Waals surface area contributed by atoms with Crippen LogP contribution in [-0.2, 0) is 6.54 Å². The van der Waals surface area contributed by atoms with Gasteiger partial charge >= 0.3 is 0 Å². The zero-order valence-electron chi connectivity index (χ0n) is 11.4. The van der Waals surface area contributed by atoms with Gasteiger partial charge in [-0.05, 0) is 38.0 Å². The SMILES string of the molecule is CCCn1ncc(Cl)c1C(O)c1cc(C)nc(C)c1. The molecule has 0 saturated carbocycles. The Balaban J connectivity index is 2.43. The lowest BCUT2D eigenvalue weighted by Crippen LogP contribution is -2.11. The monoisotopic (exact) mass is 279 g/mol. The first-order valence-electron chi connectivity index (χ1n) is 6.37. The van der Waals surface area contributed by atoms with Crippen molar-refractivity contribution in [1.82, 2.24) is 14.8 Å². The van der Waals surface area contributed by atoms with Gasteiger partial charge in [0.15, 0.2) is 0 Å². The van der Waals surface area contributed by atoms with Crippen molar-refractivity contribution in [2.45, 2.75) is 39.8 Å². The third kappa shape index (κ3) is 2.96. The van der Waals surface area contributed by atoms with Crippen molar-refractivity contribution >= 4 is 11.6 Å². The molecule has 0 fully saturated rings. The van der Waals surface area contributed by atoms with E-state index >= 15 is 0 Å². The van der Waals surface area contributed by atoms with Gasteiger partial charge in [0.25, 0.3) is 0 Å². The second-order valence-corrected chi connectivity index (χ2v) is 5.09. The van der Waals surface area contributed by atoms with Gasteiger partial charge in [-0.15, -0.1) is 0 Å². The number of hydrogen-bond donors (Lipinski definition) is 1. The molecule has 2 aromatic heterocycles. The van der Waals surface area contributed by atoms with Gasteiger partial charge in [0.2, 0.25) is 0 Å². The first-order valence-corrected chi connectivity index (χ1v) is 6.75. The van der Waals surface area contributed by atoms with Crippen molar-refractivity contribution < 1.29 is 5.11 Å². The Bertz CT molecular complexity index is 560. The molecule has 0 saturated heterocycles. The van der Waals surface area contributed by atoms with Crippen LogP contribution in [0.5, 0.6) is 0 Å². The molecule has 1 atom stereocenters. The van der Waals surface area contributed by atoms with E-state index in [2.05, 4.69) is 17.0 Å². The van der Waals surface area contributed by atoms with Crippen LogP contribution in [-0.4, -0.2) is 19.9 Å². The summed E-state index contributed by atoms with van der Waals surface area (Å²) in [4.78, 5) is 4.31. The number of hydrogen-bond acceptors (Lipinski definition) is 3. The van der Waals surface area contributed by atoms with E-state index < -0.39 is 6.10 Å². The fraction of sp³-hybridized carbons (Fsp3) is 0.429. The van der Waals surface area contributed by atoms with Crippen LogP contribution in [0.1, 0.15) is 42.1 Å². The van der Waals surface area contributed by atoms with E-state index in [1.807, 2.05) is 26.0 Å². The highest BCUT2D eigenvalue weighted by molar-refractivity contribution is 6.31. The maximum Gasteiger partial charge on any atom is 0.122 e. The van der Waals surface area contributed by atoms with Gasteiger partial charge in [0.1, 0.15) is 6.10 Å². The summed E-state index contributed by atoms with van der Waals surface area (Å²) in [6, 6.07) is 3.74. The van der Waals surface area contributed by atoms with Gasteiger partial charge in [-0.25, -0.2) is 0 Å². The predicted molar refractivity (Wildman–Crippen MR) is 75.3 cm³/mol. The zero-order valence-corrected chi connectivity index (χ0v) is 12.1. The Labute approximate surface area is 118 Å². The molecular formula is C14H18ClN3O. The summed E-state index contributed by atoms with van der Waals surface area (Å²) in [5.41, 5.74) is 3.21. The Morgan fingerprint density at radius 3 is 2.53 bits per heavy atom. The van der Waals surface area contributed by atoms with Crippen LogP contribution < -0.4 is 0 Å². The minimum Gasteiger partial charge on any atom is -0.382 e. The third-order valence-corrected chi connectivity index (χ3v) is 3.24. The molecule has 0 spiro atoms. The Kier molecular flexibility index (Phi) is 4.22. The lowest BCUT2D eigenvalue weighted by molar-refractivity contribution is 0.207. The van der Waals surface area contributed by atoms with Crippen LogP contribution in [0.3, 0.4) is 0 Å². The van der Waals surface area contributed by atoms with E-state index in [9.17, 15) is 5.11 Å². The van der Waals surface area contributed by atoms with E-state index in [4.69, 9.17) is 11.6 Å². The van der Waals surface area contributed by atoms with Crippen LogP contribution in [0.2, 0.25) is 5.02 Å². The van der Waals surface area contributed by atoms with E-state index in [1.165, 1.54) is 0 Å². The highest BCUT2D eigenvalue weighted by Gasteiger charge is 2.20. The smallest absolute Gasteiger partial charge is 0.122 e. The number of aliphatic hydroxyl groups excluding tert-OH is 1. The normalized spacial score (nSPS) is 12.7. The topological polar surface area (TPSA) is 50.9 Å². The number of nitrogens with zero attached hydrogens (tertiary/aromatic N) is 3. The number of aryl methyl sites for hydroxylation is 3. The number of rotatable bonds is 4. The molecule has 0 aliphatic carbocycles. The summed E-state index contributed by atoms with van der Waals surface area (Å²) in [5.74, 6) is 0. The molecule has 0 aromatic carbocycles. The Hall–Kier alpha value is -1.39. The average Bonchev–Trinajstić information content (AvgIpc) is 2.69. The molecule has 0 aliphatic heterocycles. The molecule has 0 radical (unpaired) electrons. The molecule has 5 heteroatoms. The summed E-state index contributed by atoms with van der Waals surface area (Å²) >= 11 is 6.15. The van der Waals surface area contributed by atoms with E-state index in [0.29, 0.717) is 10.7 Å². The van der Waals surface area contributed by atoms with Crippen LogP contribution in [0.15, 0.2) is 18.3 Å². The largest absolute Gasteiger partial charge is 0.382 e. The van der Waals surface area contributed by atoms with Gasteiger partial charge in [0, 0.05) is 17.9 Å². The molecule has 2 rings (SSSR count). The quantitative estimate of drug-likeness (QED) is 0.936. The lowest BCUT2D eigenvalue weighted by Gasteiger charge is -2.15. The second-order valence-electron chi connectivity index (χ2n) is 4.69. The number of aromatic nitrogens is 3. The summed E-state index contributed by atoms with van der Waals surface area (Å²) in [6.45, 7) is 6.62. The molecular weight excluding hydrogens is 262 g/mol. The standard InChI is InChI=1S/C14H18ClN3O/c1-4-5-18-13(12(15)8-16-18)14(19)11-6-9(2)17-10(3)7-11/h6-8,14,19H,4-5H2,1-3H3. The molecule has 102 valence electrons. The Morgan fingerprint density at radius 2 is 1.95 bits per heavy atom. The maximum absolute atomic E-state index is 10.5. The van der Waals surface area contributed by atoms with Crippen LogP contribution >= 0.6 is 11.6 Å². The first-order chi connectivity index (χ1) is 9.02. The van der Waals surface area contributed by atoms with Crippen molar-refractivity contribution in [3.63, 3.8) is 0 Å². The summed E-state index contributed by atoms with van der Waals surface area (Å²) in [5, 5.41) is 15.2. The number of halogens is 1. The summed E-state index contributed by atoms with van der Waals surface area (Å²) < 4.78 is 1.76. The molecule has 0 amide bonds. The summed E-state index contributed by atoms with van der Waals surface area (Å²) in [6.07, 6.45) is 1.74. The average molecular weight is 280 g/mol. The van der Waals surface area contributed by atoms with E-state index in [-0.39, 0.29) is 0 Å². The Morgan fingerprint density at radius 1 is 1.32 bits per heavy atom. The van der Waals surface area contributed by atoms with Gasteiger partial charge in [-0.3, -0.25) is 9.67 Å². The van der Waals surface area contributed by atoms with E-state index in [1.54, 1.807) is 10.9 Å². The van der Waals surface area contributed by atoms with Gasteiger partial charge in [-0.2, -0.15) is 5.10 Å². The molecule has 1 unspecified atom stereocenters. The van der Waals surface area contributed by atoms with Crippen molar-refractivity contribution in [2.75, 3.05) is 0 Å². The predicted octanol–water partition coefficient (Wildman–Crippen LogP) is 3.04. The first kappa shape index (κ1) is 14.0. The molecule has 2 aromatic rings. The van der Waals surface area contributed by atoms with Crippen LogP contribution in [0.4, 0.5) is 0 Å². The second kappa shape index (κ2) is 5.72. The van der Waals surface area contributed by atoms with Crippen molar-refractivity contribution in [1.29, 1.82) is 0 Å². The summed E-state index contributed by atoms with van der Waals surface area (Å²) in [7, 11) is 0. The van der Waals surface area contributed by atoms with Gasteiger partial charge < -0.3 is 5.11 Å². The van der Waals surface area contributed by atoms with Gasteiger partial charge in [0.05, 0.1) is 16.9 Å². The fourth-order valence-corrected chi connectivity index (χ4v) is 2.46. The highest BCUT2D eigenvalue weighted by atomic mass is 35.5. The van der Waals surface area contributed by atoms with Crippen molar-refractivity contribution in [3.8, 4) is 0 Å². The van der Waals surface area contributed by atoms with E-state index in [0.717, 1.165) is 29.9 Å². The van der Waals surface area contributed by atoms with Crippen LogP contribution in [0.25, 0.3) is 0 Å². The molecule has 0 bridgehead atoms. The zero-order chi connectivity index (χ0) is 14.0. The maximum atomic E-state index is 10.5. The highest BCUT2D eigenvalue weighted by Crippen LogP contribution is 2.28. The van der Waals surface area contributed by atoms with Gasteiger partial charge in [-0.1, -0.05) is 18.5 Å². The van der Waals surface area contributed by atoms with Crippen molar-refractivity contribution in [3.05, 3.63) is 46.0 Å². The molecule has 0 aliphatic rings. The minimum absolute atomic E-state index is 0.494.